The highest BCUT2D eigenvalue weighted by Gasteiger charge is 2.38. The van der Waals surface area contributed by atoms with E-state index in [1.165, 1.54) is 18.2 Å². The molecular formula is C29H28ClN3O2S. The molecule has 1 saturated heterocycles. The number of rotatable bonds is 6. The van der Waals surface area contributed by atoms with Gasteiger partial charge in [-0.3, -0.25) is 9.69 Å². The van der Waals surface area contributed by atoms with E-state index in [4.69, 9.17) is 21.3 Å². The third-order valence-electron chi connectivity index (χ3n) is 6.41. The summed E-state index contributed by atoms with van der Waals surface area (Å²) in [6, 6.07) is 21.3. The van der Waals surface area contributed by atoms with Gasteiger partial charge in [-0.25, -0.2) is 9.98 Å². The average Bonchev–Trinajstić information content (AvgIpc) is 3.19. The van der Waals surface area contributed by atoms with Crippen LogP contribution < -0.4 is 4.74 Å². The zero-order chi connectivity index (χ0) is 24.9. The van der Waals surface area contributed by atoms with Gasteiger partial charge in [0.1, 0.15) is 12.4 Å². The molecule has 2 aliphatic rings. The normalized spacial score (nSPS) is 18.8. The number of hydrogen-bond donors (Lipinski definition) is 0. The van der Waals surface area contributed by atoms with E-state index in [0.29, 0.717) is 33.3 Å². The van der Waals surface area contributed by atoms with Gasteiger partial charge in [-0.2, -0.15) is 0 Å². The number of aromatic nitrogens is 1. The summed E-state index contributed by atoms with van der Waals surface area (Å²) in [5.41, 5.74) is 2.66. The van der Waals surface area contributed by atoms with E-state index in [-0.39, 0.29) is 11.9 Å². The lowest BCUT2D eigenvalue weighted by Gasteiger charge is -2.30. The van der Waals surface area contributed by atoms with Crippen LogP contribution in [0.3, 0.4) is 0 Å². The number of nitrogens with zero attached hydrogens (tertiary/aromatic N) is 3. The van der Waals surface area contributed by atoms with Crippen molar-refractivity contribution in [3.63, 3.8) is 0 Å². The Morgan fingerprint density at radius 3 is 2.64 bits per heavy atom. The van der Waals surface area contributed by atoms with Gasteiger partial charge in [0, 0.05) is 27.9 Å². The summed E-state index contributed by atoms with van der Waals surface area (Å²) < 4.78 is 6.12. The van der Waals surface area contributed by atoms with Crippen molar-refractivity contribution in [2.24, 2.45) is 4.99 Å². The maximum Gasteiger partial charge on any atom is 0.267 e. The van der Waals surface area contributed by atoms with Crippen LogP contribution in [0, 0.1) is 6.92 Å². The van der Waals surface area contributed by atoms with Gasteiger partial charge in [-0.05, 0) is 61.9 Å². The molecule has 0 spiro atoms. The van der Waals surface area contributed by atoms with Crippen LogP contribution in [0.15, 0.2) is 76.6 Å². The molecule has 2 fully saturated rings. The van der Waals surface area contributed by atoms with Crippen molar-refractivity contribution in [1.29, 1.82) is 0 Å². The van der Waals surface area contributed by atoms with Gasteiger partial charge < -0.3 is 4.74 Å². The van der Waals surface area contributed by atoms with E-state index < -0.39 is 0 Å². The molecule has 0 bridgehead atoms. The molecule has 7 heteroatoms. The first-order valence-corrected chi connectivity index (χ1v) is 13.5. The van der Waals surface area contributed by atoms with Gasteiger partial charge >= 0.3 is 0 Å². The summed E-state index contributed by atoms with van der Waals surface area (Å²) in [6.07, 6.45) is 7.39. The molecule has 1 aliphatic carbocycles. The van der Waals surface area contributed by atoms with E-state index in [0.717, 1.165) is 42.5 Å². The zero-order valence-electron chi connectivity index (χ0n) is 20.2. The quantitative estimate of drug-likeness (QED) is 0.316. The summed E-state index contributed by atoms with van der Waals surface area (Å²) in [7, 11) is 0. The van der Waals surface area contributed by atoms with Crippen molar-refractivity contribution in [3.05, 3.63) is 93.5 Å². The topological polar surface area (TPSA) is 54.8 Å². The lowest BCUT2D eigenvalue weighted by Crippen LogP contribution is -2.40. The first-order valence-electron chi connectivity index (χ1n) is 12.3. The van der Waals surface area contributed by atoms with Crippen molar-refractivity contribution in [2.75, 3.05) is 0 Å². The number of carbonyl (C=O) groups excluding carboxylic acids is 1. The second-order valence-electron chi connectivity index (χ2n) is 9.03. The predicted octanol–water partition coefficient (Wildman–Crippen LogP) is 7.56. The van der Waals surface area contributed by atoms with E-state index >= 15 is 0 Å². The van der Waals surface area contributed by atoms with Gasteiger partial charge in [0.15, 0.2) is 11.0 Å². The molecule has 184 valence electrons. The maximum absolute atomic E-state index is 13.7. The van der Waals surface area contributed by atoms with Crippen molar-refractivity contribution < 1.29 is 9.53 Å². The van der Waals surface area contributed by atoms with Gasteiger partial charge in [-0.15, -0.1) is 0 Å². The SMILES string of the molecule is Cc1cccc(/N=C2/S/C(=C\c3ccccc3OCc3ccccc3Cl)C(=O)N2C2CCCCC2)n1. The first-order chi connectivity index (χ1) is 17.6. The molecule has 36 heavy (non-hydrogen) atoms. The molecule has 3 aromatic rings. The number of amides is 1. The van der Waals surface area contributed by atoms with Crippen LogP contribution in [0.2, 0.25) is 5.02 Å². The molecule has 1 aromatic heterocycles. The van der Waals surface area contributed by atoms with Crippen LogP contribution in [0.1, 0.15) is 48.9 Å². The fourth-order valence-corrected chi connectivity index (χ4v) is 5.79. The fourth-order valence-electron chi connectivity index (χ4n) is 4.56. The van der Waals surface area contributed by atoms with Crippen molar-refractivity contribution in [2.45, 2.75) is 51.7 Å². The number of benzene rings is 2. The summed E-state index contributed by atoms with van der Waals surface area (Å²) in [6.45, 7) is 2.29. The number of pyridine rings is 1. The number of amidine groups is 1. The molecule has 2 aromatic carbocycles. The van der Waals surface area contributed by atoms with E-state index in [1.54, 1.807) is 0 Å². The molecule has 0 unspecified atom stereocenters. The minimum Gasteiger partial charge on any atom is -0.488 e. The summed E-state index contributed by atoms with van der Waals surface area (Å²) in [5.74, 6) is 1.32. The minimum atomic E-state index is -0.000732. The highest BCUT2D eigenvalue weighted by Crippen LogP contribution is 2.39. The second kappa shape index (κ2) is 11.3. The number of ether oxygens (including phenoxy) is 1. The molecule has 5 rings (SSSR count). The number of aliphatic imine (C=N–C) groups is 1. The Morgan fingerprint density at radius 2 is 1.83 bits per heavy atom. The lowest BCUT2D eigenvalue weighted by molar-refractivity contribution is -0.124. The molecule has 1 aliphatic heterocycles. The Bertz CT molecular complexity index is 1320. The Hall–Kier alpha value is -3.09. The highest BCUT2D eigenvalue weighted by atomic mass is 35.5. The monoisotopic (exact) mass is 517 g/mol. The molecule has 1 amide bonds. The lowest BCUT2D eigenvalue weighted by atomic mass is 9.94. The largest absolute Gasteiger partial charge is 0.488 e. The summed E-state index contributed by atoms with van der Waals surface area (Å²) >= 11 is 7.72. The van der Waals surface area contributed by atoms with E-state index in [9.17, 15) is 4.79 Å². The van der Waals surface area contributed by atoms with Crippen molar-refractivity contribution in [3.8, 4) is 5.75 Å². The van der Waals surface area contributed by atoms with Crippen molar-refractivity contribution in [1.82, 2.24) is 9.88 Å². The van der Waals surface area contributed by atoms with Gasteiger partial charge in [0.2, 0.25) is 0 Å². The number of halogens is 1. The van der Waals surface area contributed by atoms with Crippen LogP contribution >= 0.6 is 23.4 Å². The zero-order valence-corrected chi connectivity index (χ0v) is 21.8. The van der Waals surface area contributed by atoms with Gasteiger partial charge in [-0.1, -0.05) is 73.3 Å². The molecule has 1 saturated carbocycles. The van der Waals surface area contributed by atoms with Crippen LogP contribution in [-0.4, -0.2) is 27.0 Å². The number of hydrogen-bond acceptors (Lipinski definition) is 5. The predicted molar refractivity (Wildman–Crippen MR) is 148 cm³/mol. The standard InChI is InChI=1S/C29H28ClN3O2S/c1-20-10-9-17-27(31-20)32-29-33(23-13-3-2-4-14-23)28(34)26(36-29)18-21-11-6-8-16-25(21)35-19-22-12-5-7-15-24(22)30/h5-12,15-18,23H,2-4,13-14,19H2,1H3/b26-18-,32-29+. The van der Waals surface area contributed by atoms with Gasteiger partial charge in [0.05, 0.1) is 4.91 Å². The molecular weight excluding hydrogens is 490 g/mol. The van der Waals surface area contributed by atoms with Gasteiger partial charge in [0.25, 0.3) is 5.91 Å². The fraction of sp³-hybridized carbons (Fsp3) is 0.276. The van der Waals surface area contributed by atoms with Crippen LogP contribution in [0.25, 0.3) is 6.08 Å². The third-order valence-corrected chi connectivity index (χ3v) is 7.76. The molecule has 0 radical (unpaired) electrons. The van der Waals surface area contributed by atoms with Crippen LogP contribution in [0.5, 0.6) is 5.75 Å². The minimum absolute atomic E-state index is 0.000732. The van der Waals surface area contributed by atoms with Crippen molar-refractivity contribution >= 4 is 46.3 Å². The van der Waals surface area contributed by atoms with Crippen LogP contribution in [-0.2, 0) is 11.4 Å². The molecule has 2 heterocycles. The smallest absolute Gasteiger partial charge is 0.267 e. The van der Waals surface area contributed by atoms with E-state index in [2.05, 4.69) is 4.98 Å². The van der Waals surface area contributed by atoms with Crippen LogP contribution in [0.4, 0.5) is 5.82 Å². The first kappa shape index (κ1) is 24.6. The Morgan fingerprint density at radius 1 is 1.06 bits per heavy atom. The number of aryl methyl sites for hydroxylation is 1. The number of thioether (sulfide) groups is 1. The number of carbonyl (C=O) groups is 1. The second-order valence-corrected chi connectivity index (χ2v) is 10.4. The maximum atomic E-state index is 13.7. The highest BCUT2D eigenvalue weighted by molar-refractivity contribution is 8.18. The number of para-hydroxylation sites is 1. The molecule has 0 N–H and O–H groups in total. The molecule has 0 atom stereocenters. The Kier molecular flexibility index (Phi) is 7.73. The summed E-state index contributed by atoms with van der Waals surface area (Å²) in [4.78, 5) is 25.6. The third kappa shape index (κ3) is 5.66. The Labute approximate surface area is 221 Å². The Balaban J connectivity index is 1.45. The molecule has 5 nitrogen and oxygen atoms in total. The summed E-state index contributed by atoms with van der Waals surface area (Å²) in [5, 5.41) is 1.37. The van der Waals surface area contributed by atoms with E-state index in [1.807, 2.05) is 84.6 Å². The average molecular weight is 518 g/mol.